The van der Waals surface area contributed by atoms with E-state index >= 15 is 0 Å². The van der Waals surface area contributed by atoms with Crippen molar-refractivity contribution in [1.29, 1.82) is 0 Å². The highest BCUT2D eigenvalue weighted by Crippen LogP contribution is 2.35. The summed E-state index contributed by atoms with van der Waals surface area (Å²) in [4.78, 5) is 2.22. The maximum Gasteiger partial charge on any atom is 0.282 e. The van der Waals surface area contributed by atoms with E-state index in [4.69, 9.17) is 22.2 Å². The summed E-state index contributed by atoms with van der Waals surface area (Å²) in [7, 11) is 0. The summed E-state index contributed by atoms with van der Waals surface area (Å²) in [6, 6.07) is 29.6. The summed E-state index contributed by atoms with van der Waals surface area (Å²) < 4.78 is 0. The monoisotopic (exact) mass is 371 g/mol. The van der Waals surface area contributed by atoms with Gasteiger partial charge in [0.2, 0.25) is 0 Å². The highest BCUT2D eigenvalue weighted by atomic mass is 35.7. The van der Waals surface area contributed by atoms with Crippen molar-refractivity contribution in [2.45, 2.75) is 13.0 Å². The minimum absolute atomic E-state index is 0.768. The lowest BCUT2D eigenvalue weighted by molar-refractivity contribution is 1.29. The van der Waals surface area contributed by atoms with E-state index < -0.39 is 6.69 Å². The first-order valence-electron chi connectivity index (χ1n) is 8.01. The van der Waals surface area contributed by atoms with Gasteiger partial charge in [0.15, 0.2) is 0 Å². The molecule has 0 aliphatic carbocycles. The van der Waals surface area contributed by atoms with Gasteiger partial charge < -0.3 is 4.90 Å². The first-order chi connectivity index (χ1) is 11.6. The van der Waals surface area contributed by atoms with Crippen LogP contribution >= 0.6 is 22.2 Å². The van der Waals surface area contributed by atoms with Crippen LogP contribution in [-0.2, 0) is 0 Å². The van der Waals surface area contributed by atoms with Gasteiger partial charge in [0.05, 0.1) is 0 Å². The third kappa shape index (κ3) is 3.51. The second-order valence-electron chi connectivity index (χ2n) is 5.58. The molecule has 0 atom stereocenters. The number of rotatable bonds is 5. The van der Waals surface area contributed by atoms with Crippen LogP contribution in [0.5, 0.6) is 0 Å². The van der Waals surface area contributed by atoms with Crippen LogP contribution in [0.25, 0.3) is 0 Å². The van der Waals surface area contributed by atoms with E-state index in [-0.39, 0.29) is 0 Å². The number of anilines is 3. The first-order valence-corrected chi connectivity index (χ1v) is 12.2. The van der Waals surface area contributed by atoms with Crippen LogP contribution in [0.15, 0.2) is 84.9 Å². The summed E-state index contributed by atoms with van der Waals surface area (Å²) in [5.74, 6) is 0. The van der Waals surface area contributed by atoms with Gasteiger partial charge in [0.25, 0.3) is 6.69 Å². The maximum absolute atomic E-state index is 6.75. The predicted octanol–water partition coefficient (Wildman–Crippen LogP) is 6.30. The lowest BCUT2D eigenvalue weighted by Gasteiger charge is -2.30. The average Bonchev–Trinajstić information content (AvgIpc) is 2.64. The van der Waals surface area contributed by atoms with Gasteiger partial charge in [-0.2, -0.15) is 0 Å². The lowest BCUT2D eigenvalue weighted by atomic mass is 10.2. The number of halogens is 2. The summed E-state index contributed by atoms with van der Waals surface area (Å²) in [6.45, 7) is -0.470. The van der Waals surface area contributed by atoms with Crippen molar-refractivity contribution < 1.29 is 0 Å². The molecule has 0 bridgehead atoms. The predicted molar refractivity (Wildman–Crippen MR) is 109 cm³/mol. The molecule has 0 amide bonds. The molecule has 0 spiro atoms. The summed E-state index contributed by atoms with van der Waals surface area (Å²) in [5, 5.41) is 1.04. The summed E-state index contributed by atoms with van der Waals surface area (Å²) in [6.07, 6.45) is 0. The molecule has 0 saturated carbocycles. The second-order valence-corrected chi connectivity index (χ2v) is 12.7. The normalized spacial score (nSPS) is 11.3. The fraction of sp³-hybridized carbons (Fsp3) is 0.100. The van der Waals surface area contributed by atoms with Gasteiger partial charge in [-0.15, -0.1) is 22.2 Å². The van der Waals surface area contributed by atoms with Gasteiger partial charge in [-0.3, -0.25) is 0 Å². The van der Waals surface area contributed by atoms with Gasteiger partial charge >= 0.3 is 0 Å². The summed E-state index contributed by atoms with van der Waals surface area (Å²) in [5.41, 5.74) is 3.23. The van der Waals surface area contributed by atoms with Crippen LogP contribution in [0.2, 0.25) is 6.04 Å². The SMILES string of the molecule is CC[Si](Cl)(Cl)c1ccccc1N(c1ccccc1)c1ccccc1. The molecule has 122 valence electrons. The van der Waals surface area contributed by atoms with E-state index in [0.717, 1.165) is 28.3 Å². The lowest BCUT2D eigenvalue weighted by Crippen LogP contribution is -2.38. The van der Waals surface area contributed by atoms with Gasteiger partial charge in [0.1, 0.15) is 0 Å². The van der Waals surface area contributed by atoms with Crippen molar-refractivity contribution in [2.75, 3.05) is 4.90 Å². The molecule has 0 unspecified atom stereocenters. The molecule has 0 radical (unpaired) electrons. The number of nitrogens with zero attached hydrogens (tertiary/aromatic N) is 1. The number of hydrogen-bond acceptors (Lipinski definition) is 1. The number of benzene rings is 3. The maximum atomic E-state index is 6.75. The van der Waals surface area contributed by atoms with E-state index in [1.165, 1.54) is 0 Å². The topological polar surface area (TPSA) is 3.24 Å². The zero-order valence-corrected chi connectivity index (χ0v) is 16.0. The zero-order valence-electron chi connectivity index (χ0n) is 13.5. The molecule has 3 aromatic carbocycles. The molecule has 0 aliphatic rings. The van der Waals surface area contributed by atoms with Gasteiger partial charge in [-0.1, -0.05) is 61.5 Å². The third-order valence-electron chi connectivity index (χ3n) is 4.01. The van der Waals surface area contributed by atoms with Crippen LogP contribution in [-0.4, -0.2) is 6.69 Å². The van der Waals surface area contributed by atoms with Gasteiger partial charge in [0, 0.05) is 17.1 Å². The Morgan fingerprint density at radius 3 is 1.67 bits per heavy atom. The van der Waals surface area contributed by atoms with E-state index in [0.29, 0.717) is 0 Å². The Balaban J connectivity index is 2.22. The molecular formula is C20H19Cl2NSi. The molecule has 4 heteroatoms. The van der Waals surface area contributed by atoms with Crippen molar-refractivity contribution in [1.82, 2.24) is 0 Å². The molecule has 0 aromatic heterocycles. The molecule has 1 nitrogen and oxygen atoms in total. The molecule has 24 heavy (non-hydrogen) atoms. The Kier molecular flexibility index (Phi) is 5.29. The molecular weight excluding hydrogens is 353 g/mol. The first kappa shape index (κ1) is 17.1. The minimum atomic E-state index is -2.52. The Morgan fingerprint density at radius 1 is 0.708 bits per heavy atom. The molecule has 0 heterocycles. The Bertz CT molecular complexity index is 752. The van der Waals surface area contributed by atoms with Crippen LogP contribution in [0.4, 0.5) is 17.1 Å². The van der Waals surface area contributed by atoms with Gasteiger partial charge in [-0.05, 0) is 41.6 Å². The smallest absolute Gasteiger partial charge is 0.282 e. The molecule has 3 rings (SSSR count). The standard InChI is InChI=1S/C20H19Cl2NSi/c1-2-24(21,22)20-16-10-9-15-19(20)23(17-11-5-3-6-12-17)18-13-7-4-8-14-18/h3-16H,2H2,1H3. The van der Waals surface area contributed by atoms with Crippen molar-refractivity contribution >= 4 is 51.1 Å². The average molecular weight is 372 g/mol. The van der Waals surface area contributed by atoms with Gasteiger partial charge in [-0.25, -0.2) is 0 Å². The van der Waals surface area contributed by atoms with Crippen molar-refractivity contribution in [2.24, 2.45) is 0 Å². The van der Waals surface area contributed by atoms with Crippen LogP contribution in [0, 0.1) is 0 Å². The quantitative estimate of drug-likeness (QED) is 0.375. The van der Waals surface area contributed by atoms with E-state index in [9.17, 15) is 0 Å². The molecule has 3 aromatic rings. The van der Waals surface area contributed by atoms with Crippen LogP contribution < -0.4 is 10.1 Å². The highest BCUT2D eigenvalue weighted by molar-refractivity contribution is 7.51. The van der Waals surface area contributed by atoms with Crippen LogP contribution in [0.3, 0.4) is 0 Å². The number of hydrogen-bond donors (Lipinski definition) is 0. The zero-order chi connectivity index (χ0) is 17.0. The van der Waals surface area contributed by atoms with E-state index in [2.05, 4.69) is 48.2 Å². The van der Waals surface area contributed by atoms with Crippen LogP contribution in [0.1, 0.15) is 6.92 Å². The van der Waals surface area contributed by atoms with Crippen molar-refractivity contribution in [3.8, 4) is 0 Å². The highest BCUT2D eigenvalue weighted by Gasteiger charge is 2.33. The molecule has 0 N–H and O–H groups in total. The fourth-order valence-corrected chi connectivity index (χ4v) is 5.00. The number of para-hydroxylation sites is 3. The molecule has 0 saturated heterocycles. The Hall–Kier alpha value is -1.74. The van der Waals surface area contributed by atoms with E-state index in [1.807, 2.05) is 48.5 Å². The molecule has 0 fully saturated rings. The largest absolute Gasteiger partial charge is 0.311 e. The van der Waals surface area contributed by atoms with Crippen molar-refractivity contribution in [3.05, 3.63) is 84.9 Å². The molecule has 0 aliphatic heterocycles. The summed E-state index contributed by atoms with van der Waals surface area (Å²) >= 11 is 13.5. The minimum Gasteiger partial charge on any atom is -0.311 e. The fourth-order valence-electron chi connectivity index (χ4n) is 2.75. The van der Waals surface area contributed by atoms with E-state index in [1.54, 1.807) is 0 Å². The Morgan fingerprint density at radius 2 is 1.17 bits per heavy atom. The Labute approximate surface area is 153 Å². The third-order valence-corrected chi connectivity index (χ3v) is 8.94. The second kappa shape index (κ2) is 7.43. The van der Waals surface area contributed by atoms with Crippen molar-refractivity contribution in [3.63, 3.8) is 0 Å².